The lowest BCUT2D eigenvalue weighted by atomic mass is 10.2. The second kappa shape index (κ2) is 5.46. The second-order valence-electron chi connectivity index (χ2n) is 3.50. The lowest BCUT2D eigenvalue weighted by Gasteiger charge is -2.15. The third-order valence-electron chi connectivity index (χ3n) is 2.27. The molecule has 0 aliphatic heterocycles. The first-order valence-corrected chi connectivity index (χ1v) is 5.12. The Morgan fingerprint density at radius 2 is 2.33 bits per heavy atom. The Balaban J connectivity index is 2.56. The van der Waals surface area contributed by atoms with Crippen LogP contribution in [0, 0.1) is 0 Å². The number of rotatable bonds is 4. The zero-order chi connectivity index (χ0) is 11.3. The first kappa shape index (κ1) is 11.7. The largest absolute Gasteiger partial charge is 0.347 e. The van der Waals surface area contributed by atoms with Crippen LogP contribution in [-0.4, -0.2) is 16.9 Å². The van der Waals surface area contributed by atoms with Gasteiger partial charge >= 0.3 is 0 Å². The summed E-state index contributed by atoms with van der Waals surface area (Å²) in [6.07, 6.45) is 2.35. The molecule has 0 aromatic carbocycles. The molecule has 1 aromatic heterocycles. The average Bonchev–Trinajstić information content (AvgIpc) is 2.29. The standard InChI is InChI=1S/C11H17N3O/c1-3-9(12)11(15)14-8(2)10-6-4-5-7-13-10/h4-9H,3,12H2,1-2H3,(H,14,15). The summed E-state index contributed by atoms with van der Waals surface area (Å²) >= 11 is 0. The van der Waals surface area contributed by atoms with Crippen molar-refractivity contribution in [3.05, 3.63) is 30.1 Å². The normalized spacial score (nSPS) is 14.3. The highest BCUT2D eigenvalue weighted by Crippen LogP contribution is 2.07. The van der Waals surface area contributed by atoms with Gasteiger partial charge in [-0.2, -0.15) is 0 Å². The second-order valence-corrected chi connectivity index (χ2v) is 3.50. The van der Waals surface area contributed by atoms with Gasteiger partial charge in [0, 0.05) is 6.20 Å². The fraction of sp³-hybridized carbons (Fsp3) is 0.455. The van der Waals surface area contributed by atoms with E-state index in [2.05, 4.69) is 10.3 Å². The third-order valence-corrected chi connectivity index (χ3v) is 2.27. The van der Waals surface area contributed by atoms with Crippen molar-refractivity contribution in [2.75, 3.05) is 0 Å². The van der Waals surface area contributed by atoms with Crippen molar-refractivity contribution in [2.24, 2.45) is 5.73 Å². The molecule has 15 heavy (non-hydrogen) atoms. The van der Waals surface area contributed by atoms with Crippen molar-refractivity contribution in [1.82, 2.24) is 10.3 Å². The van der Waals surface area contributed by atoms with Gasteiger partial charge in [0.05, 0.1) is 17.8 Å². The molecular formula is C11H17N3O. The molecule has 0 saturated heterocycles. The maximum Gasteiger partial charge on any atom is 0.237 e. The van der Waals surface area contributed by atoms with Gasteiger partial charge in [-0.25, -0.2) is 0 Å². The van der Waals surface area contributed by atoms with Crippen molar-refractivity contribution in [1.29, 1.82) is 0 Å². The average molecular weight is 207 g/mol. The number of nitrogens with one attached hydrogen (secondary N) is 1. The van der Waals surface area contributed by atoms with E-state index in [0.717, 1.165) is 5.69 Å². The molecule has 0 aliphatic carbocycles. The highest BCUT2D eigenvalue weighted by atomic mass is 16.2. The summed E-state index contributed by atoms with van der Waals surface area (Å²) in [7, 11) is 0. The van der Waals surface area contributed by atoms with Gasteiger partial charge in [-0.1, -0.05) is 13.0 Å². The Kier molecular flexibility index (Phi) is 4.24. The van der Waals surface area contributed by atoms with Gasteiger partial charge in [-0.15, -0.1) is 0 Å². The van der Waals surface area contributed by atoms with Crippen molar-refractivity contribution in [2.45, 2.75) is 32.4 Å². The van der Waals surface area contributed by atoms with E-state index in [4.69, 9.17) is 5.73 Å². The van der Waals surface area contributed by atoms with Gasteiger partial charge in [-0.05, 0) is 25.5 Å². The summed E-state index contributed by atoms with van der Waals surface area (Å²) < 4.78 is 0. The molecule has 3 N–H and O–H groups in total. The molecule has 1 heterocycles. The fourth-order valence-corrected chi connectivity index (χ4v) is 1.21. The number of nitrogens with zero attached hydrogens (tertiary/aromatic N) is 1. The first-order valence-electron chi connectivity index (χ1n) is 5.12. The van der Waals surface area contributed by atoms with E-state index < -0.39 is 6.04 Å². The molecule has 82 valence electrons. The Labute approximate surface area is 89.9 Å². The molecule has 4 nitrogen and oxygen atoms in total. The first-order chi connectivity index (χ1) is 7.15. The number of hydrogen-bond donors (Lipinski definition) is 2. The highest BCUT2D eigenvalue weighted by molar-refractivity contribution is 5.81. The molecule has 1 amide bonds. The molecule has 0 fully saturated rings. The van der Waals surface area contributed by atoms with Gasteiger partial charge in [0.15, 0.2) is 0 Å². The van der Waals surface area contributed by atoms with Crippen LogP contribution < -0.4 is 11.1 Å². The minimum Gasteiger partial charge on any atom is -0.347 e. The number of carbonyl (C=O) groups is 1. The molecule has 0 saturated carbocycles. The van der Waals surface area contributed by atoms with Gasteiger partial charge in [0.2, 0.25) is 5.91 Å². The SMILES string of the molecule is CCC(N)C(=O)NC(C)c1ccccn1. The number of nitrogens with two attached hydrogens (primary N) is 1. The molecule has 0 aliphatic rings. The Bertz CT molecular complexity index is 313. The Morgan fingerprint density at radius 3 is 2.87 bits per heavy atom. The molecule has 1 aromatic rings. The van der Waals surface area contributed by atoms with Gasteiger partial charge in [0.1, 0.15) is 0 Å². The van der Waals surface area contributed by atoms with Gasteiger partial charge in [0.25, 0.3) is 0 Å². The minimum atomic E-state index is -0.434. The number of carbonyl (C=O) groups excluding carboxylic acids is 1. The van der Waals surface area contributed by atoms with E-state index in [1.54, 1.807) is 6.20 Å². The van der Waals surface area contributed by atoms with Crippen molar-refractivity contribution in [3.8, 4) is 0 Å². The topological polar surface area (TPSA) is 68.0 Å². The van der Waals surface area contributed by atoms with Gasteiger partial charge in [-0.3, -0.25) is 9.78 Å². The maximum atomic E-state index is 11.5. The van der Waals surface area contributed by atoms with Crippen LogP contribution in [0.15, 0.2) is 24.4 Å². The number of amides is 1. The van der Waals surface area contributed by atoms with Crippen LogP contribution in [0.2, 0.25) is 0 Å². The summed E-state index contributed by atoms with van der Waals surface area (Å²) in [4.78, 5) is 15.7. The van der Waals surface area contributed by atoms with Crippen molar-refractivity contribution in [3.63, 3.8) is 0 Å². The van der Waals surface area contributed by atoms with E-state index >= 15 is 0 Å². The summed E-state index contributed by atoms with van der Waals surface area (Å²) in [6.45, 7) is 3.78. The number of hydrogen-bond acceptors (Lipinski definition) is 3. The van der Waals surface area contributed by atoms with Gasteiger partial charge < -0.3 is 11.1 Å². The van der Waals surface area contributed by atoms with Crippen LogP contribution in [0.5, 0.6) is 0 Å². The molecule has 2 unspecified atom stereocenters. The van der Waals surface area contributed by atoms with Crippen LogP contribution in [0.25, 0.3) is 0 Å². The van der Waals surface area contributed by atoms with E-state index in [1.165, 1.54) is 0 Å². The fourth-order valence-electron chi connectivity index (χ4n) is 1.21. The van der Waals surface area contributed by atoms with E-state index in [0.29, 0.717) is 6.42 Å². The molecule has 1 rings (SSSR count). The highest BCUT2D eigenvalue weighted by Gasteiger charge is 2.14. The smallest absolute Gasteiger partial charge is 0.237 e. The summed E-state index contributed by atoms with van der Waals surface area (Å²) in [5, 5.41) is 2.82. The molecule has 0 spiro atoms. The minimum absolute atomic E-state index is 0.101. The van der Waals surface area contributed by atoms with Crippen molar-refractivity contribution >= 4 is 5.91 Å². The summed E-state index contributed by atoms with van der Waals surface area (Å²) in [5.41, 5.74) is 6.45. The molecule has 0 bridgehead atoms. The quantitative estimate of drug-likeness (QED) is 0.773. The van der Waals surface area contributed by atoms with Crippen LogP contribution in [-0.2, 0) is 4.79 Å². The molecule has 2 atom stereocenters. The van der Waals surface area contributed by atoms with Crippen LogP contribution in [0.3, 0.4) is 0 Å². The Morgan fingerprint density at radius 1 is 1.60 bits per heavy atom. The van der Waals surface area contributed by atoms with E-state index in [1.807, 2.05) is 32.0 Å². The molecular weight excluding hydrogens is 190 g/mol. The summed E-state index contributed by atoms with van der Waals surface area (Å²) in [5.74, 6) is -0.129. The maximum absolute atomic E-state index is 11.5. The summed E-state index contributed by atoms with van der Waals surface area (Å²) in [6, 6.07) is 5.08. The lowest BCUT2D eigenvalue weighted by molar-refractivity contribution is -0.123. The van der Waals surface area contributed by atoms with Crippen LogP contribution in [0.4, 0.5) is 0 Å². The number of aromatic nitrogens is 1. The van der Waals surface area contributed by atoms with Crippen LogP contribution in [0.1, 0.15) is 32.0 Å². The Hall–Kier alpha value is -1.42. The molecule has 4 heteroatoms. The predicted molar refractivity (Wildman–Crippen MR) is 59.1 cm³/mol. The third kappa shape index (κ3) is 3.32. The van der Waals surface area contributed by atoms with E-state index in [9.17, 15) is 4.79 Å². The predicted octanol–water partition coefficient (Wildman–Crippen LogP) is 0.996. The lowest BCUT2D eigenvalue weighted by Crippen LogP contribution is -2.41. The monoisotopic (exact) mass is 207 g/mol. The van der Waals surface area contributed by atoms with Crippen molar-refractivity contribution < 1.29 is 4.79 Å². The molecule has 0 radical (unpaired) electrons. The van der Waals surface area contributed by atoms with E-state index in [-0.39, 0.29) is 11.9 Å². The zero-order valence-corrected chi connectivity index (χ0v) is 9.10. The number of pyridine rings is 1. The van der Waals surface area contributed by atoms with Crippen LogP contribution >= 0.6 is 0 Å². The zero-order valence-electron chi connectivity index (χ0n) is 9.10.